The molecule has 0 saturated carbocycles. The highest BCUT2D eigenvalue weighted by Gasteiger charge is 2.24. The van der Waals surface area contributed by atoms with Gasteiger partial charge in [0.1, 0.15) is 11.6 Å². The van der Waals surface area contributed by atoms with Gasteiger partial charge < -0.3 is 19.5 Å². The monoisotopic (exact) mass is 540 g/mol. The molecule has 0 aliphatic carbocycles. The quantitative estimate of drug-likeness (QED) is 0.253. The molecule has 2 aromatic rings. The van der Waals surface area contributed by atoms with Gasteiger partial charge in [0.25, 0.3) is 0 Å². The van der Waals surface area contributed by atoms with Gasteiger partial charge in [-0.1, -0.05) is 94.9 Å². The molecule has 2 aromatic carbocycles. The van der Waals surface area contributed by atoms with E-state index in [1.165, 1.54) is 14.2 Å². The highest BCUT2D eigenvalue weighted by atomic mass is 16.5. The standard InChI is InChI=1S/C15H20O3.C9H14O3.C6H7BO2/c1-11(2)14(16)10-13(15(17)18-3)9-12-7-5-4-6-8-12;1-6(2)8(10)5-7(3)9(11)12-4;8-7(9)6-4-2-1-3-5-6/h4-8,11,13H,9-10H2,1-3H3;6H,3,5H2,1-2,4H3;1-5,8-9H. The summed E-state index contributed by atoms with van der Waals surface area (Å²) in [5.41, 5.74) is 1.79. The number of hydrogen-bond acceptors (Lipinski definition) is 8. The van der Waals surface area contributed by atoms with E-state index in [2.05, 4.69) is 11.3 Å². The lowest BCUT2D eigenvalue weighted by atomic mass is 9.81. The molecule has 2 N–H and O–H groups in total. The molecule has 8 nitrogen and oxygen atoms in total. The maximum absolute atomic E-state index is 11.8. The molecule has 0 radical (unpaired) electrons. The number of methoxy groups -OCH3 is 2. The Hall–Kier alpha value is -3.56. The molecule has 39 heavy (non-hydrogen) atoms. The minimum atomic E-state index is -1.34. The van der Waals surface area contributed by atoms with E-state index in [4.69, 9.17) is 14.8 Å². The number of carbonyl (C=O) groups excluding carboxylic acids is 4. The van der Waals surface area contributed by atoms with Crippen molar-refractivity contribution in [1.82, 2.24) is 0 Å². The zero-order valence-corrected chi connectivity index (χ0v) is 23.8. The first kappa shape index (κ1) is 35.4. The molecule has 0 bridgehead atoms. The summed E-state index contributed by atoms with van der Waals surface area (Å²) in [5.74, 6) is -1.21. The number of hydrogen-bond donors (Lipinski definition) is 2. The minimum absolute atomic E-state index is 0.00500. The number of ketones is 2. The van der Waals surface area contributed by atoms with Crippen LogP contribution in [-0.2, 0) is 35.1 Å². The molecule has 0 heterocycles. The van der Waals surface area contributed by atoms with Crippen LogP contribution in [0.25, 0.3) is 0 Å². The zero-order chi connectivity index (χ0) is 30.0. The van der Waals surface area contributed by atoms with Gasteiger partial charge >= 0.3 is 19.1 Å². The Kier molecular flexibility index (Phi) is 17.7. The zero-order valence-electron chi connectivity index (χ0n) is 23.8. The van der Waals surface area contributed by atoms with Crippen LogP contribution in [0.1, 0.15) is 46.1 Å². The van der Waals surface area contributed by atoms with E-state index in [-0.39, 0.29) is 53.7 Å². The van der Waals surface area contributed by atoms with Crippen LogP contribution in [0.4, 0.5) is 0 Å². The van der Waals surface area contributed by atoms with Crippen molar-refractivity contribution in [3.63, 3.8) is 0 Å². The molecule has 0 aromatic heterocycles. The van der Waals surface area contributed by atoms with Crippen LogP contribution in [-0.4, -0.2) is 54.9 Å². The predicted octanol–water partition coefficient (Wildman–Crippen LogP) is 3.33. The minimum Gasteiger partial charge on any atom is -0.469 e. The number of esters is 2. The molecule has 0 aliphatic heterocycles. The van der Waals surface area contributed by atoms with E-state index < -0.39 is 13.1 Å². The van der Waals surface area contributed by atoms with E-state index in [0.717, 1.165) is 5.56 Å². The highest BCUT2D eigenvalue weighted by Crippen LogP contribution is 2.16. The van der Waals surface area contributed by atoms with E-state index in [1.54, 1.807) is 38.1 Å². The fourth-order valence-corrected chi connectivity index (χ4v) is 3.04. The molecule has 1 unspecified atom stereocenters. The summed E-state index contributed by atoms with van der Waals surface area (Å²) in [5, 5.41) is 17.2. The average molecular weight is 540 g/mol. The van der Waals surface area contributed by atoms with Crippen LogP contribution in [0.3, 0.4) is 0 Å². The summed E-state index contributed by atoms with van der Waals surface area (Å²) in [6.45, 7) is 10.7. The Bertz CT molecular complexity index is 1030. The third-order valence-electron chi connectivity index (χ3n) is 5.55. The molecule has 1 atom stereocenters. The third kappa shape index (κ3) is 15.4. The second-order valence-corrected chi connectivity index (χ2v) is 9.41. The fourth-order valence-electron chi connectivity index (χ4n) is 3.04. The largest absolute Gasteiger partial charge is 0.488 e. The predicted molar refractivity (Wildman–Crippen MR) is 152 cm³/mol. The van der Waals surface area contributed by atoms with E-state index in [9.17, 15) is 19.2 Å². The van der Waals surface area contributed by atoms with Gasteiger partial charge in [-0.15, -0.1) is 0 Å². The molecule has 0 amide bonds. The van der Waals surface area contributed by atoms with Crippen molar-refractivity contribution in [1.29, 1.82) is 0 Å². The van der Waals surface area contributed by atoms with E-state index in [0.29, 0.717) is 11.9 Å². The lowest BCUT2D eigenvalue weighted by molar-refractivity contribution is -0.147. The molecule has 212 valence electrons. The number of carbonyl (C=O) groups is 4. The SMILES string of the molecule is C=C(CC(=O)C(C)C)C(=O)OC.COC(=O)C(CC(=O)C(C)C)Cc1ccccc1.OB(O)c1ccccc1. The van der Waals surface area contributed by atoms with Crippen LogP contribution in [0.5, 0.6) is 0 Å². The van der Waals surface area contributed by atoms with Crippen molar-refractivity contribution in [3.05, 3.63) is 78.4 Å². The summed E-state index contributed by atoms with van der Waals surface area (Å²) in [6, 6.07) is 18.3. The number of benzene rings is 2. The van der Waals surface area contributed by atoms with Gasteiger partial charge in [-0.25, -0.2) is 4.79 Å². The van der Waals surface area contributed by atoms with Crippen LogP contribution in [0.15, 0.2) is 72.8 Å². The van der Waals surface area contributed by atoms with Gasteiger partial charge in [-0.05, 0) is 17.4 Å². The first-order chi connectivity index (χ1) is 18.3. The second kappa shape index (κ2) is 19.5. The smallest absolute Gasteiger partial charge is 0.469 e. The summed E-state index contributed by atoms with van der Waals surface area (Å²) in [7, 11) is 1.29. The molecule has 0 saturated heterocycles. The van der Waals surface area contributed by atoms with Crippen LogP contribution in [0, 0.1) is 17.8 Å². The van der Waals surface area contributed by atoms with Crippen molar-refractivity contribution < 1.29 is 38.7 Å². The molecular weight excluding hydrogens is 499 g/mol. The first-order valence-electron chi connectivity index (χ1n) is 12.7. The van der Waals surface area contributed by atoms with Crippen LogP contribution < -0.4 is 5.46 Å². The number of ether oxygens (including phenoxy) is 2. The Morgan fingerprint density at radius 3 is 1.67 bits per heavy atom. The number of rotatable bonds is 11. The van der Waals surface area contributed by atoms with E-state index in [1.807, 2.05) is 50.2 Å². The number of Topliss-reactive ketones (excluding diaryl/α,β-unsaturated/α-hetero) is 2. The van der Waals surface area contributed by atoms with Gasteiger partial charge in [0.05, 0.1) is 20.1 Å². The van der Waals surface area contributed by atoms with Gasteiger partial charge in [0, 0.05) is 30.3 Å². The second-order valence-electron chi connectivity index (χ2n) is 9.41. The lowest BCUT2D eigenvalue weighted by Crippen LogP contribution is -2.29. The lowest BCUT2D eigenvalue weighted by Gasteiger charge is -2.15. The van der Waals surface area contributed by atoms with Crippen LogP contribution in [0.2, 0.25) is 0 Å². The Balaban J connectivity index is 0.000000595. The van der Waals surface area contributed by atoms with Crippen molar-refractivity contribution in [2.75, 3.05) is 14.2 Å². The summed E-state index contributed by atoms with van der Waals surface area (Å²) < 4.78 is 9.18. The van der Waals surface area contributed by atoms with Crippen molar-refractivity contribution >= 4 is 36.1 Å². The van der Waals surface area contributed by atoms with Crippen LogP contribution >= 0.6 is 0 Å². The van der Waals surface area contributed by atoms with Gasteiger partial charge in [-0.2, -0.15) is 0 Å². The van der Waals surface area contributed by atoms with Gasteiger partial charge in [0.15, 0.2) is 0 Å². The van der Waals surface area contributed by atoms with Crippen molar-refractivity contribution in [2.24, 2.45) is 17.8 Å². The Morgan fingerprint density at radius 1 is 0.795 bits per heavy atom. The molecule has 9 heteroatoms. The summed E-state index contributed by atoms with van der Waals surface area (Å²) in [4.78, 5) is 45.4. The molecule has 0 aliphatic rings. The first-order valence-corrected chi connectivity index (χ1v) is 12.7. The topological polar surface area (TPSA) is 127 Å². The molecule has 2 rings (SSSR count). The Morgan fingerprint density at radius 2 is 1.28 bits per heavy atom. The van der Waals surface area contributed by atoms with Gasteiger partial charge in [0.2, 0.25) is 0 Å². The average Bonchev–Trinajstić information content (AvgIpc) is 2.93. The summed E-state index contributed by atoms with van der Waals surface area (Å²) >= 11 is 0. The van der Waals surface area contributed by atoms with Gasteiger partial charge in [-0.3, -0.25) is 14.4 Å². The summed E-state index contributed by atoms with van der Waals surface area (Å²) in [6.07, 6.45) is 0.884. The third-order valence-corrected chi connectivity index (χ3v) is 5.55. The van der Waals surface area contributed by atoms with Crippen molar-refractivity contribution in [2.45, 2.75) is 47.0 Å². The maximum Gasteiger partial charge on any atom is 0.488 e. The van der Waals surface area contributed by atoms with Crippen molar-refractivity contribution in [3.8, 4) is 0 Å². The highest BCUT2D eigenvalue weighted by molar-refractivity contribution is 6.58. The fraction of sp³-hybridized carbons (Fsp3) is 0.400. The molecule has 0 fully saturated rings. The normalized spacial score (nSPS) is 10.7. The Labute approximate surface area is 232 Å². The maximum atomic E-state index is 11.8. The molecule has 0 spiro atoms. The van der Waals surface area contributed by atoms with E-state index >= 15 is 0 Å². The molecular formula is C30H41BO8.